The number of nitrogens with zero attached hydrogens (tertiary/aromatic N) is 1. The summed E-state index contributed by atoms with van der Waals surface area (Å²) in [6.45, 7) is 7.48. The van der Waals surface area contributed by atoms with Crippen LogP contribution >= 0.6 is 11.9 Å². The Hall–Kier alpha value is -2.51. The summed E-state index contributed by atoms with van der Waals surface area (Å²) in [6.07, 6.45) is 4.99. The number of carbonyl (C=O) groups is 1. The van der Waals surface area contributed by atoms with Crippen molar-refractivity contribution in [1.29, 1.82) is 0 Å². The molecule has 1 unspecified atom stereocenters. The molecule has 0 aromatic heterocycles. The maximum absolute atomic E-state index is 13.9. The van der Waals surface area contributed by atoms with Gasteiger partial charge in [-0.2, -0.15) is 0 Å². The molecule has 2 aromatic rings. The molecule has 5 nitrogen and oxygen atoms in total. The molecule has 0 amide bonds. The molecule has 1 aliphatic carbocycles. The van der Waals surface area contributed by atoms with Gasteiger partial charge in [0.05, 0.1) is 12.3 Å². The van der Waals surface area contributed by atoms with Crippen LogP contribution < -0.4 is 9.46 Å². The summed E-state index contributed by atoms with van der Waals surface area (Å²) in [6, 6.07) is 8.37. The Morgan fingerprint density at radius 2 is 2.13 bits per heavy atom. The van der Waals surface area contributed by atoms with Gasteiger partial charge in [0.1, 0.15) is 17.1 Å². The number of halogens is 1. The molecular weight excluding hydrogens is 415 g/mol. The molecule has 2 atom stereocenters. The minimum atomic E-state index is -1.02. The molecule has 0 saturated heterocycles. The summed E-state index contributed by atoms with van der Waals surface area (Å²) >= 11 is 1.27. The van der Waals surface area contributed by atoms with Crippen molar-refractivity contribution in [3.63, 3.8) is 0 Å². The van der Waals surface area contributed by atoms with E-state index in [2.05, 4.69) is 23.5 Å². The third-order valence-electron chi connectivity index (χ3n) is 5.96. The van der Waals surface area contributed by atoms with Gasteiger partial charge in [0, 0.05) is 17.4 Å². The van der Waals surface area contributed by atoms with Crippen LogP contribution in [0, 0.1) is 11.7 Å². The van der Waals surface area contributed by atoms with Gasteiger partial charge in [-0.05, 0) is 72.8 Å². The molecule has 2 aliphatic rings. The van der Waals surface area contributed by atoms with Crippen LogP contribution in [-0.2, 0) is 0 Å². The Morgan fingerprint density at radius 1 is 1.32 bits per heavy atom. The number of carboxylic acids is 1. The number of ether oxygens (including phenoxy) is 1. The van der Waals surface area contributed by atoms with Crippen LogP contribution in [0.4, 0.5) is 10.1 Å². The zero-order valence-electron chi connectivity index (χ0n) is 17.7. The van der Waals surface area contributed by atoms with Gasteiger partial charge in [-0.25, -0.2) is 9.18 Å². The molecule has 164 valence electrons. The maximum Gasteiger partial charge on any atom is 0.341 e. The number of hydrogen-bond donors (Lipinski definition) is 2. The first-order valence-corrected chi connectivity index (χ1v) is 11.5. The van der Waals surface area contributed by atoms with Crippen molar-refractivity contribution in [2.45, 2.75) is 31.1 Å². The van der Waals surface area contributed by atoms with Gasteiger partial charge in [-0.15, -0.1) is 0 Å². The van der Waals surface area contributed by atoms with Gasteiger partial charge >= 0.3 is 5.97 Å². The zero-order chi connectivity index (χ0) is 22.0. The summed E-state index contributed by atoms with van der Waals surface area (Å²) in [5, 5.41) is 9.83. The van der Waals surface area contributed by atoms with Gasteiger partial charge in [-0.3, -0.25) is 0 Å². The normalized spacial score (nSPS) is 19.1. The summed E-state index contributed by atoms with van der Waals surface area (Å²) in [7, 11) is 0. The first-order valence-electron chi connectivity index (χ1n) is 10.7. The van der Waals surface area contributed by atoms with E-state index in [1.54, 1.807) is 12.1 Å². The lowest BCUT2D eigenvalue weighted by Gasteiger charge is -2.21. The number of carboxylic acid groups (broad SMARTS) is 1. The second-order valence-electron chi connectivity index (χ2n) is 7.90. The zero-order valence-corrected chi connectivity index (χ0v) is 18.5. The predicted molar refractivity (Wildman–Crippen MR) is 122 cm³/mol. The van der Waals surface area contributed by atoms with Crippen LogP contribution in [0.5, 0.6) is 5.75 Å². The Balaban J connectivity index is 1.54. The lowest BCUT2D eigenvalue weighted by molar-refractivity contribution is 0.0692. The fraction of sp³-hybridized carbons (Fsp3) is 0.375. The maximum atomic E-state index is 13.9. The van der Waals surface area contributed by atoms with Crippen molar-refractivity contribution in [2.75, 3.05) is 31.0 Å². The van der Waals surface area contributed by atoms with E-state index < -0.39 is 5.97 Å². The van der Waals surface area contributed by atoms with Crippen molar-refractivity contribution >= 4 is 29.7 Å². The predicted octanol–water partition coefficient (Wildman–Crippen LogP) is 5.49. The second-order valence-corrected chi connectivity index (χ2v) is 8.75. The molecule has 4 rings (SSSR count). The average Bonchev–Trinajstić information content (AvgIpc) is 3.55. The van der Waals surface area contributed by atoms with Gasteiger partial charge in [0.25, 0.3) is 0 Å². The third kappa shape index (κ3) is 4.72. The molecular formula is C24H27FN2O3S. The Kier molecular flexibility index (Phi) is 6.53. The van der Waals surface area contributed by atoms with Crippen molar-refractivity contribution in [3.05, 3.63) is 58.9 Å². The van der Waals surface area contributed by atoms with Gasteiger partial charge in [0.15, 0.2) is 0 Å². The molecule has 1 aliphatic heterocycles. The molecule has 0 radical (unpaired) electrons. The lowest BCUT2D eigenvalue weighted by atomic mass is 10.0. The highest BCUT2D eigenvalue weighted by atomic mass is 32.2. The Labute approximate surface area is 186 Å². The Morgan fingerprint density at radius 3 is 2.87 bits per heavy atom. The largest absolute Gasteiger partial charge is 0.492 e. The molecule has 1 fully saturated rings. The molecule has 1 saturated carbocycles. The highest BCUT2D eigenvalue weighted by molar-refractivity contribution is 8.00. The van der Waals surface area contributed by atoms with E-state index in [4.69, 9.17) is 4.74 Å². The standard InChI is InChI=1S/C24H27FN2O3S/c1-3-27(4-2)11-5-6-15-12-17(25)7-10-21(15)31-26-20-9-8-18-19-13-16(19)14-30-23(18)22(20)24(28)29/h5-10,12,16,19,26H,3-4,11,13-14H2,1-2H3,(H,28,29)/b6-5-/t16-,19?/m0/s1. The Bertz CT molecular complexity index is 1010. The van der Waals surface area contributed by atoms with E-state index in [-0.39, 0.29) is 11.4 Å². The fourth-order valence-corrected chi connectivity index (χ4v) is 4.78. The van der Waals surface area contributed by atoms with Crippen LogP contribution in [0.1, 0.15) is 47.7 Å². The van der Waals surface area contributed by atoms with Crippen LogP contribution in [0.3, 0.4) is 0 Å². The summed E-state index contributed by atoms with van der Waals surface area (Å²) in [4.78, 5) is 15.1. The van der Waals surface area contributed by atoms with Crippen LogP contribution in [0.2, 0.25) is 0 Å². The smallest absolute Gasteiger partial charge is 0.341 e. The number of anilines is 1. The van der Waals surface area contributed by atoms with E-state index >= 15 is 0 Å². The topological polar surface area (TPSA) is 61.8 Å². The quantitative estimate of drug-likeness (QED) is 0.501. The van der Waals surface area contributed by atoms with E-state index in [1.807, 2.05) is 18.2 Å². The van der Waals surface area contributed by atoms with Crippen LogP contribution in [0.25, 0.3) is 6.08 Å². The minimum absolute atomic E-state index is 0.163. The van der Waals surface area contributed by atoms with Crippen molar-refractivity contribution in [2.24, 2.45) is 5.92 Å². The number of benzene rings is 2. The van der Waals surface area contributed by atoms with E-state index in [1.165, 1.54) is 24.1 Å². The molecule has 0 spiro atoms. The van der Waals surface area contributed by atoms with Crippen molar-refractivity contribution < 1.29 is 19.0 Å². The minimum Gasteiger partial charge on any atom is -0.492 e. The third-order valence-corrected chi connectivity index (χ3v) is 6.88. The fourth-order valence-electron chi connectivity index (χ4n) is 4.01. The number of aromatic carboxylic acids is 1. The molecule has 2 N–H and O–H groups in total. The monoisotopic (exact) mass is 442 g/mol. The van der Waals surface area contributed by atoms with Crippen molar-refractivity contribution in [3.8, 4) is 5.75 Å². The number of nitrogens with one attached hydrogen (secondary N) is 1. The van der Waals surface area contributed by atoms with Gasteiger partial charge in [0.2, 0.25) is 0 Å². The number of fused-ring (bicyclic) bond motifs is 3. The average molecular weight is 443 g/mol. The molecule has 0 bridgehead atoms. The molecule has 7 heteroatoms. The highest BCUT2D eigenvalue weighted by Crippen LogP contribution is 2.55. The second kappa shape index (κ2) is 9.32. The van der Waals surface area contributed by atoms with Gasteiger partial charge < -0.3 is 19.5 Å². The molecule has 1 heterocycles. The van der Waals surface area contributed by atoms with Crippen LogP contribution in [0.15, 0.2) is 41.3 Å². The SMILES string of the molecule is CCN(CC)C/C=C\c1cc(F)ccc1SNc1ccc2c(c1C(=O)O)OC[C@@H]1CC21. The van der Waals surface area contributed by atoms with E-state index in [9.17, 15) is 14.3 Å². The van der Waals surface area contributed by atoms with Crippen LogP contribution in [-0.4, -0.2) is 42.2 Å². The van der Waals surface area contributed by atoms with Crippen molar-refractivity contribution in [1.82, 2.24) is 4.90 Å². The van der Waals surface area contributed by atoms with E-state index in [0.717, 1.165) is 42.1 Å². The first kappa shape index (κ1) is 21.7. The highest BCUT2D eigenvalue weighted by Gasteiger charge is 2.45. The molecule has 31 heavy (non-hydrogen) atoms. The number of rotatable bonds is 9. The van der Waals surface area contributed by atoms with Gasteiger partial charge in [-0.1, -0.05) is 32.1 Å². The summed E-state index contributed by atoms with van der Waals surface area (Å²) < 4.78 is 22.8. The lowest BCUT2D eigenvalue weighted by Crippen LogP contribution is -2.22. The first-order chi connectivity index (χ1) is 15.0. The molecule has 2 aromatic carbocycles. The summed E-state index contributed by atoms with van der Waals surface area (Å²) in [5.41, 5.74) is 2.39. The number of likely N-dealkylation sites (N-methyl/N-ethyl adjacent to an activating group) is 1. The summed E-state index contributed by atoms with van der Waals surface area (Å²) in [5.74, 6) is 0.0995. The van der Waals surface area contributed by atoms with E-state index in [0.29, 0.717) is 29.9 Å². The number of hydrogen-bond acceptors (Lipinski definition) is 5.